The van der Waals surface area contributed by atoms with Gasteiger partial charge in [-0.25, -0.2) is 0 Å². The Kier molecular flexibility index (Phi) is 20.8. The van der Waals surface area contributed by atoms with Gasteiger partial charge in [-0.2, -0.15) is 0 Å². The maximum absolute atomic E-state index is 9.56. The largest absolute Gasteiger partial charge is 0 e. The normalized spacial score (nSPS) is 5.50. The van der Waals surface area contributed by atoms with Crippen molar-refractivity contribution >= 4 is 51.4 Å². The van der Waals surface area contributed by atoms with Crippen LogP contribution in [0.15, 0.2) is 0 Å². The summed E-state index contributed by atoms with van der Waals surface area (Å²) in [5.74, 6) is 0. The first-order valence-electron chi connectivity index (χ1n) is 0.239. The minimum absolute atomic E-state index is 0. The Morgan fingerprint density at radius 3 is 1.25 bits per heavy atom. The number of hydrogen-bond acceptors (Lipinski definition) is 0. The molecule has 0 rings (SSSR count). The van der Waals surface area contributed by atoms with E-state index >= 15 is 0 Å². The minimum Gasteiger partial charge on any atom is 0 e. The van der Waals surface area contributed by atoms with E-state index in [1.807, 2.05) is 0 Å². The maximum atomic E-state index is 9.56. The van der Waals surface area contributed by atoms with E-state index in [-0.39, 0.29) is 51.4 Å². The summed E-state index contributed by atoms with van der Waals surface area (Å²) >= 11 is -1.38. The van der Waals surface area contributed by atoms with Gasteiger partial charge in [-0.3, -0.25) is 0 Å². The van der Waals surface area contributed by atoms with E-state index in [1.165, 1.54) is 0 Å². The standard InChI is InChI=1S/2FH.K.Ni/h2*1H;;/q;;;+2/p-2. The van der Waals surface area contributed by atoms with E-state index in [1.54, 1.807) is 0 Å². The third-order valence-corrected chi connectivity index (χ3v) is 0. The Labute approximate surface area is 72.4 Å². The molecule has 0 aromatic heterocycles. The summed E-state index contributed by atoms with van der Waals surface area (Å²) in [4.78, 5) is 0. The van der Waals surface area contributed by atoms with Gasteiger partial charge in [0.25, 0.3) is 0 Å². The van der Waals surface area contributed by atoms with Crippen molar-refractivity contribution in [1.82, 2.24) is 0 Å². The van der Waals surface area contributed by atoms with E-state index in [0.29, 0.717) is 0 Å². The van der Waals surface area contributed by atoms with E-state index in [9.17, 15) is 7.21 Å². The Morgan fingerprint density at radius 2 is 1.25 bits per heavy atom. The summed E-state index contributed by atoms with van der Waals surface area (Å²) in [5.41, 5.74) is 0. The molecule has 0 aromatic rings. The summed E-state index contributed by atoms with van der Waals surface area (Å²) < 4.78 is 19.1. The fraction of sp³-hybridized carbons (Fsp3) is 0. The molecule has 0 spiro atoms. The summed E-state index contributed by atoms with van der Waals surface area (Å²) in [6.07, 6.45) is 0. The molecule has 0 amide bonds. The Bertz CT molecular complexity index is 6.00. The number of hydrogen-bond donors (Lipinski definition) is 0. The Hall–Kier alpha value is 1.99. The second-order valence-corrected chi connectivity index (χ2v) is 0.186. The van der Waals surface area contributed by atoms with Gasteiger partial charge in [0.05, 0.1) is 0 Å². The zero-order chi connectivity index (χ0) is 2.71. The third-order valence-electron chi connectivity index (χ3n) is 0. The van der Waals surface area contributed by atoms with Crippen LogP contribution in [-0.2, 0) is 15.3 Å². The van der Waals surface area contributed by atoms with Crippen molar-refractivity contribution in [1.29, 1.82) is 0 Å². The van der Waals surface area contributed by atoms with Crippen molar-refractivity contribution in [2.75, 3.05) is 0 Å². The van der Waals surface area contributed by atoms with Crippen LogP contribution in [0.3, 0.4) is 0 Å². The molecule has 0 aliphatic rings. The number of halogens is 2. The predicted molar refractivity (Wildman–Crippen MR) is 7.97 cm³/mol. The molecule has 4 heavy (non-hydrogen) atoms. The molecular formula is F2KNi. The van der Waals surface area contributed by atoms with Crippen LogP contribution in [0.25, 0.3) is 0 Å². The fourth-order valence-electron chi connectivity index (χ4n) is 0. The summed E-state index contributed by atoms with van der Waals surface area (Å²) in [6, 6.07) is 0. The van der Waals surface area contributed by atoms with E-state index < -0.39 is 15.3 Å². The fourth-order valence-corrected chi connectivity index (χ4v) is 0. The van der Waals surface area contributed by atoms with Crippen molar-refractivity contribution in [2.24, 2.45) is 0 Å². The van der Waals surface area contributed by atoms with Crippen LogP contribution in [0, 0.1) is 0 Å². The van der Waals surface area contributed by atoms with Crippen LogP contribution >= 0.6 is 0 Å². The molecule has 0 unspecified atom stereocenters. The Balaban J connectivity index is 0. The van der Waals surface area contributed by atoms with Crippen molar-refractivity contribution in [3.8, 4) is 0 Å². The van der Waals surface area contributed by atoms with Crippen LogP contribution < -0.4 is 0 Å². The molecule has 0 aliphatic heterocycles. The smallest absolute Gasteiger partial charge is 0 e. The SMILES string of the molecule is [F][Ni][F].[K]. The van der Waals surface area contributed by atoms with E-state index in [0.717, 1.165) is 0 Å². The average Bonchev–Trinajstić information content (AvgIpc) is 0.918. The Morgan fingerprint density at radius 1 is 1.25 bits per heavy atom. The first-order chi connectivity index (χ1) is 1.41. The maximum Gasteiger partial charge on any atom is 0 e. The van der Waals surface area contributed by atoms with Gasteiger partial charge in [-0.15, -0.1) is 0 Å². The molecule has 0 aliphatic carbocycles. The van der Waals surface area contributed by atoms with Crippen LogP contribution in [0.2, 0.25) is 0 Å². The van der Waals surface area contributed by atoms with Gasteiger partial charge in [0.1, 0.15) is 0 Å². The van der Waals surface area contributed by atoms with Gasteiger partial charge < -0.3 is 0 Å². The van der Waals surface area contributed by atoms with Crippen molar-refractivity contribution in [3.63, 3.8) is 0 Å². The molecule has 0 fully saturated rings. The molecule has 0 heterocycles. The molecule has 0 bridgehead atoms. The first-order valence-corrected chi connectivity index (χ1v) is 0.986. The van der Waals surface area contributed by atoms with Gasteiger partial charge in [0.2, 0.25) is 0 Å². The van der Waals surface area contributed by atoms with Crippen molar-refractivity contribution in [2.45, 2.75) is 0 Å². The molecule has 0 N–H and O–H groups in total. The summed E-state index contributed by atoms with van der Waals surface area (Å²) in [7, 11) is 0. The zero-order valence-corrected chi connectivity index (χ0v) is 6.18. The zero-order valence-electron chi connectivity index (χ0n) is 2.07. The minimum atomic E-state index is -1.38. The summed E-state index contributed by atoms with van der Waals surface area (Å²) in [5, 5.41) is 0. The number of rotatable bonds is 0. The van der Waals surface area contributed by atoms with E-state index in [4.69, 9.17) is 0 Å². The molecule has 0 nitrogen and oxygen atoms in total. The van der Waals surface area contributed by atoms with E-state index in [2.05, 4.69) is 0 Å². The van der Waals surface area contributed by atoms with Gasteiger partial charge in [-0.05, 0) is 0 Å². The monoisotopic (exact) mass is 135 g/mol. The van der Waals surface area contributed by atoms with Crippen LogP contribution in [0.5, 0.6) is 0 Å². The second kappa shape index (κ2) is 8.89. The molecule has 0 atom stereocenters. The van der Waals surface area contributed by atoms with Crippen molar-refractivity contribution in [3.05, 3.63) is 0 Å². The molecule has 0 saturated heterocycles. The van der Waals surface area contributed by atoms with Gasteiger partial charge in [0, 0.05) is 51.4 Å². The van der Waals surface area contributed by atoms with Gasteiger partial charge in [0.15, 0.2) is 0 Å². The van der Waals surface area contributed by atoms with Crippen LogP contribution in [-0.4, -0.2) is 51.4 Å². The van der Waals surface area contributed by atoms with Crippen molar-refractivity contribution < 1.29 is 22.5 Å². The topological polar surface area (TPSA) is 0 Å². The molecule has 0 saturated carbocycles. The molecule has 1 radical (unpaired) electrons. The molecule has 0 aromatic carbocycles. The second-order valence-electron chi connectivity index (χ2n) is 0.0452. The molecule has 25 valence electrons. The van der Waals surface area contributed by atoms with Gasteiger partial charge >= 0.3 is 22.5 Å². The molecular weight excluding hydrogens is 136 g/mol. The van der Waals surface area contributed by atoms with Crippen LogP contribution in [0.4, 0.5) is 7.21 Å². The first kappa shape index (κ1) is 9.37. The average molecular weight is 136 g/mol. The predicted octanol–water partition coefficient (Wildman–Crippen LogP) is 0.457. The third kappa shape index (κ3) is 9.01. The van der Waals surface area contributed by atoms with Gasteiger partial charge in [-0.1, -0.05) is 0 Å². The summed E-state index contributed by atoms with van der Waals surface area (Å²) in [6.45, 7) is 0. The van der Waals surface area contributed by atoms with Crippen LogP contribution in [0.1, 0.15) is 0 Å². The molecule has 4 heteroatoms. The quantitative estimate of drug-likeness (QED) is 0.424.